The molecule has 0 aromatic carbocycles. The van der Waals surface area contributed by atoms with Crippen molar-refractivity contribution in [1.82, 2.24) is 15.5 Å². The Morgan fingerprint density at radius 3 is 2.59 bits per heavy atom. The molecule has 2 rings (SSSR count). The first kappa shape index (κ1) is 14.6. The Kier molecular flexibility index (Phi) is 5.55. The molecule has 2 fully saturated rings. The Labute approximate surface area is 111 Å². The quantitative estimate of drug-likeness (QED) is 0.770. The monoisotopic (exact) mass is 279 g/mol. The number of nitrogens with zero attached hydrogens (tertiary/aromatic N) is 1. The third-order valence-electron chi connectivity index (χ3n) is 3.18. The highest BCUT2D eigenvalue weighted by Gasteiger charge is 2.32. The van der Waals surface area contributed by atoms with Crippen molar-refractivity contribution in [2.24, 2.45) is 0 Å². The van der Waals surface area contributed by atoms with E-state index in [1.54, 1.807) is 4.90 Å². The fourth-order valence-electron chi connectivity index (χ4n) is 2.14. The van der Waals surface area contributed by atoms with Gasteiger partial charge in [-0.1, -0.05) is 11.8 Å². The molecule has 7 heteroatoms. The van der Waals surface area contributed by atoms with E-state index in [1.165, 1.54) is 11.8 Å². The van der Waals surface area contributed by atoms with Crippen molar-refractivity contribution in [3.05, 3.63) is 0 Å². The summed E-state index contributed by atoms with van der Waals surface area (Å²) in [5.74, 6) is 0.609. The first-order valence-corrected chi connectivity index (χ1v) is 6.57. The summed E-state index contributed by atoms with van der Waals surface area (Å²) in [5.41, 5.74) is 0. The largest absolute Gasteiger partial charge is 0.341 e. The molecule has 0 saturated carbocycles. The van der Waals surface area contributed by atoms with Gasteiger partial charge >= 0.3 is 0 Å². The van der Waals surface area contributed by atoms with Gasteiger partial charge in [-0.3, -0.25) is 9.59 Å². The maximum Gasteiger partial charge on any atom is 0.279 e. The van der Waals surface area contributed by atoms with E-state index in [2.05, 4.69) is 10.6 Å². The zero-order chi connectivity index (χ0) is 11.5. The molecule has 0 bridgehead atoms. The van der Waals surface area contributed by atoms with Gasteiger partial charge in [-0.15, -0.1) is 12.4 Å². The fourth-order valence-corrected chi connectivity index (χ4v) is 2.91. The molecule has 0 aromatic heterocycles. The van der Waals surface area contributed by atoms with E-state index in [0.29, 0.717) is 11.8 Å². The maximum atomic E-state index is 12.1. The summed E-state index contributed by atoms with van der Waals surface area (Å²) in [6.45, 7) is 1.93. The van der Waals surface area contributed by atoms with Gasteiger partial charge in [-0.2, -0.15) is 0 Å². The highest BCUT2D eigenvalue weighted by Crippen LogP contribution is 2.17. The predicted octanol–water partition coefficient (Wildman–Crippen LogP) is 0.444. The minimum atomic E-state index is -0.322. The second kappa shape index (κ2) is 6.47. The summed E-state index contributed by atoms with van der Waals surface area (Å²) in [5, 5.41) is 5.88. The first-order valence-electron chi connectivity index (χ1n) is 5.59. The highest BCUT2D eigenvalue weighted by atomic mass is 35.5. The third kappa shape index (κ3) is 3.50. The lowest BCUT2D eigenvalue weighted by Gasteiger charge is -2.33. The molecule has 2 aliphatic rings. The van der Waals surface area contributed by atoms with E-state index in [4.69, 9.17) is 0 Å². The van der Waals surface area contributed by atoms with Crippen LogP contribution in [0.4, 0.5) is 4.79 Å². The van der Waals surface area contributed by atoms with Gasteiger partial charge in [0.2, 0.25) is 5.91 Å². The van der Waals surface area contributed by atoms with Gasteiger partial charge in [0.1, 0.15) is 6.04 Å². The van der Waals surface area contributed by atoms with Gasteiger partial charge in [-0.25, -0.2) is 0 Å². The number of rotatable bonds is 2. The van der Waals surface area contributed by atoms with Gasteiger partial charge in [-0.05, 0) is 25.9 Å². The van der Waals surface area contributed by atoms with E-state index in [1.807, 2.05) is 7.05 Å². The fraction of sp³-hybridized carbons (Fsp3) is 0.800. The van der Waals surface area contributed by atoms with Crippen molar-refractivity contribution in [2.75, 3.05) is 25.9 Å². The van der Waals surface area contributed by atoms with Crippen molar-refractivity contribution < 1.29 is 9.59 Å². The Bertz CT molecular complexity index is 297. The van der Waals surface area contributed by atoms with Crippen molar-refractivity contribution in [3.8, 4) is 0 Å². The van der Waals surface area contributed by atoms with E-state index >= 15 is 0 Å². The van der Waals surface area contributed by atoms with Crippen molar-refractivity contribution in [2.45, 2.75) is 24.9 Å². The van der Waals surface area contributed by atoms with Crippen molar-refractivity contribution >= 4 is 35.3 Å². The molecule has 98 valence electrons. The molecular weight excluding hydrogens is 262 g/mol. The average molecular weight is 280 g/mol. The maximum absolute atomic E-state index is 12.1. The number of amides is 2. The number of likely N-dealkylation sites (N-methyl/N-ethyl adjacent to an activating group) is 1. The van der Waals surface area contributed by atoms with Gasteiger partial charge in [0, 0.05) is 18.8 Å². The molecule has 2 heterocycles. The van der Waals surface area contributed by atoms with E-state index in [-0.39, 0.29) is 29.6 Å². The number of halogens is 1. The summed E-state index contributed by atoms with van der Waals surface area (Å²) in [7, 11) is 1.84. The molecule has 0 unspecified atom stereocenters. The van der Waals surface area contributed by atoms with E-state index < -0.39 is 0 Å². The summed E-state index contributed by atoms with van der Waals surface area (Å²) in [4.78, 5) is 24.9. The Balaban J connectivity index is 0.00000144. The Morgan fingerprint density at radius 1 is 1.41 bits per heavy atom. The van der Waals surface area contributed by atoms with Crippen LogP contribution in [0.3, 0.4) is 0 Å². The first-order chi connectivity index (χ1) is 7.68. The second-order valence-corrected chi connectivity index (χ2v) is 5.22. The Hall–Kier alpha value is -0.460. The van der Waals surface area contributed by atoms with Gasteiger partial charge in [0.25, 0.3) is 5.24 Å². The summed E-state index contributed by atoms with van der Waals surface area (Å²) in [6.07, 6.45) is 1.99. The smallest absolute Gasteiger partial charge is 0.279 e. The Morgan fingerprint density at radius 2 is 2.06 bits per heavy atom. The van der Waals surface area contributed by atoms with Gasteiger partial charge in [0.05, 0.1) is 0 Å². The molecule has 2 saturated heterocycles. The number of nitrogens with one attached hydrogen (secondary N) is 2. The minimum Gasteiger partial charge on any atom is -0.341 e. The van der Waals surface area contributed by atoms with Crippen LogP contribution in [-0.2, 0) is 4.79 Å². The SMILES string of the molecule is CN(C(=O)[C@@H]1CSC(=O)N1)C1CCNCC1.Cl. The van der Waals surface area contributed by atoms with Gasteiger partial charge in [0.15, 0.2) is 0 Å². The van der Waals surface area contributed by atoms with Gasteiger partial charge < -0.3 is 15.5 Å². The zero-order valence-electron chi connectivity index (χ0n) is 9.77. The molecule has 0 aromatic rings. The molecule has 5 nitrogen and oxygen atoms in total. The molecule has 2 N–H and O–H groups in total. The van der Waals surface area contributed by atoms with Crippen LogP contribution in [0.2, 0.25) is 0 Å². The van der Waals surface area contributed by atoms with Crippen LogP contribution in [0.15, 0.2) is 0 Å². The number of piperidine rings is 1. The molecular formula is C10H18ClN3O2S. The van der Waals surface area contributed by atoms with Crippen LogP contribution in [0.1, 0.15) is 12.8 Å². The standard InChI is InChI=1S/C10H17N3O2S.ClH/c1-13(7-2-4-11-5-3-7)9(14)8-6-16-10(15)12-8;/h7-8,11H,2-6H2,1H3,(H,12,15);1H/t8-;/m0./s1. The summed E-state index contributed by atoms with van der Waals surface area (Å²) in [6, 6.07) is -0.00589. The molecule has 0 radical (unpaired) electrons. The average Bonchev–Trinajstić information content (AvgIpc) is 2.75. The molecule has 2 amide bonds. The van der Waals surface area contributed by atoms with Crippen molar-refractivity contribution in [1.29, 1.82) is 0 Å². The molecule has 17 heavy (non-hydrogen) atoms. The van der Waals surface area contributed by atoms with Crippen LogP contribution < -0.4 is 10.6 Å². The third-order valence-corrected chi connectivity index (χ3v) is 4.06. The van der Waals surface area contributed by atoms with E-state index in [0.717, 1.165) is 25.9 Å². The van der Waals surface area contributed by atoms with Crippen LogP contribution >= 0.6 is 24.2 Å². The number of hydrogen-bond acceptors (Lipinski definition) is 4. The number of thioether (sulfide) groups is 1. The molecule has 1 atom stereocenters. The summed E-state index contributed by atoms with van der Waals surface area (Å²) >= 11 is 1.19. The number of hydrogen-bond donors (Lipinski definition) is 2. The van der Waals surface area contributed by atoms with Crippen LogP contribution in [0.25, 0.3) is 0 Å². The lowest BCUT2D eigenvalue weighted by atomic mass is 10.0. The second-order valence-electron chi connectivity index (χ2n) is 4.23. The topological polar surface area (TPSA) is 61.4 Å². The van der Waals surface area contributed by atoms with Crippen LogP contribution in [0.5, 0.6) is 0 Å². The molecule has 2 aliphatic heterocycles. The summed E-state index contributed by atoms with van der Waals surface area (Å²) < 4.78 is 0. The molecule has 0 aliphatic carbocycles. The minimum absolute atomic E-state index is 0. The normalized spacial score (nSPS) is 25.0. The lowest BCUT2D eigenvalue weighted by Crippen LogP contribution is -2.50. The zero-order valence-corrected chi connectivity index (χ0v) is 11.4. The van der Waals surface area contributed by atoms with Crippen molar-refractivity contribution in [3.63, 3.8) is 0 Å². The highest BCUT2D eigenvalue weighted by molar-refractivity contribution is 8.14. The lowest BCUT2D eigenvalue weighted by molar-refractivity contribution is -0.133. The van der Waals surface area contributed by atoms with E-state index in [9.17, 15) is 9.59 Å². The number of carbonyl (C=O) groups is 2. The van der Waals surface area contributed by atoms with Crippen LogP contribution in [0, 0.1) is 0 Å². The van der Waals surface area contributed by atoms with Crippen LogP contribution in [-0.4, -0.2) is 54.0 Å². The molecule has 0 spiro atoms. The predicted molar refractivity (Wildman–Crippen MR) is 70.7 cm³/mol. The number of carbonyl (C=O) groups excluding carboxylic acids is 2.